The molecule has 0 atom stereocenters. The fourth-order valence-corrected chi connectivity index (χ4v) is 9.64. The summed E-state index contributed by atoms with van der Waals surface area (Å²) in [5, 5.41) is 4.52. The van der Waals surface area contributed by atoms with E-state index < -0.39 is 0 Å². The molecule has 0 N–H and O–H groups in total. The normalized spacial score (nSPS) is 12.1. The molecule has 0 bridgehead atoms. The second-order valence-electron chi connectivity index (χ2n) is 19.4. The average molecular weight is 870 g/mol. The van der Waals surface area contributed by atoms with E-state index in [-0.39, 0.29) is 10.8 Å². The van der Waals surface area contributed by atoms with Crippen molar-refractivity contribution in [1.29, 1.82) is 0 Å². The van der Waals surface area contributed by atoms with Crippen LogP contribution in [0.2, 0.25) is 0 Å². The lowest BCUT2D eigenvalue weighted by molar-refractivity contribution is 0.489. The summed E-state index contributed by atoms with van der Waals surface area (Å²) in [6.07, 6.45) is 2.17. The topological polar surface area (TPSA) is 29.5 Å². The van der Waals surface area contributed by atoms with Gasteiger partial charge in [0.05, 0.1) is 0 Å². The zero-order chi connectivity index (χ0) is 45.9. The summed E-state index contributed by atoms with van der Waals surface area (Å²) in [6, 6.07) is 72.5. The van der Waals surface area contributed by atoms with Crippen molar-refractivity contribution in [2.45, 2.75) is 65.2 Å². The average Bonchev–Trinajstić information content (AvgIpc) is 3.96. The van der Waals surface area contributed by atoms with Crippen LogP contribution in [0.1, 0.15) is 65.5 Å². The van der Waals surface area contributed by atoms with Crippen LogP contribution >= 0.6 is 0 Å². The quantitative estimate of drug-likeness (QED) is 0.130. The second-order valence-corrected chi connectivity index (χ2v) is 19.4. The van der Waals surface area contributed by atoms with Gasteiger partial charge in [0.1, 0.15) is 22.3 Å². The van der Waals surface area contributed by atoms with Gasteiger partial charge in [-0.15, -0.1) is 0 Å². The number of anilines is 3. The van der Waals surface area contributed by atoms with Crippen molar-refractivity contribution in [3.63, 3.8) is 0 Å². The number of benzene rings is 9. The Balaban J connectivity index is 0.979. The first-order valence-corrected chi connectivity index (χ1v) is 23.8. The zero-order valence-electron chi connectivity index (χ0n) is 39.2. The Morgan fingerprint density at radius 2 is 0.761 bits per heavy atom. The summed E-state index contributed by atoms with van der Waals surface area (Å²) in [7, 11) is 0. The fraction of sp³-hybridized carbons (Fsp3) is 0.156. The summed E-state index contributed by atoms with van der Waals surface area (Å²) >= 11 is 0. The van der Waals surface area contributed by atoms with E-state index in [1.165, 1.54) is 27.8 Å². The number of hydrogen-bond acceptors (Lipinski definition) is 3. The Labute approximate surface area is 393 Å². The van der Waals surface area contributed by atoms with Gasteiger partial charge in [-0.25, -0.2) is 0 Å². The molecular formula is C64H55NO2. The van der Waals surface area contributed by atoms with E-state index in [1.54, 1.807) is 0 Å². The molecule has 0 spiro atoms. The highest BCUT2D eigenvalue weighted by Crippen LogP contribution is 2.43. The maximum Gasteiger partial charge on any atom is 0.143 e. The maximum absolute atomic E-state index is 6.46. The van der Waals surface area contributed by atoms with Gasteiger partial charge in [0, 0.05) is 49.7 Å². The molecule has 9 aromatic carbocycles. The Hall–Kier alpha value is -7.62. The Bertz CT molecular complexity index is 3390. The molecule has 0 aliphatic carbocycles. The van der Waals surface area contributed by atoms with Gasteiger partial charge in [0.25, 0.3) is 0 Å². The lowest BCUT2D eigenvalue weighted by Gasteiger charge is -2.30. The SMILES string of the molecule is CCC(C)(C)c1cc(-c2ccc(-c3cccc(N(c4ccc(-c5cccc6c5oc5ccccc56)cc4)c4ccc(-c5cccc6c5oc5ccccc56)cc4)c3)cc2)cc(C(C)(C)CC)c1. The van der Waals surface area contributed by atoms with Crippen molar-refractivity contribution in [2.75, 3.05) is 4.90 Å². The van der Waals surface area contributed by atoms with Crippen molar-refractivity contribution in [3.8, 4) is 44.5 Å². The predicted octanol–water partition coefficient (Wildman–Crippen LogP) is 19.0. The maximum atomic E-state index is 6.46. The van der Waals surface area contributed by atoms with Crippen molar-refractivity contribution < 1.29 is 8.83 Å². The third-order valence-electron chi connectivity index (χ3n) is 14.6. The van der Waals surface area contributed by atoms with Gasteiger partial charge >= 0.3 is 0 Å². The minimum Gasteiger partial charge on any atom is -0.455 e. The standard InChI is InChI=1S/C64H55NO2/c1-7-63(3,4)48-38-47(39-49(41-48)64(5,6)8-2)43-28-26-42(27-29-43)46-16-13-17-52(40-46)65(50-34-30-44(31-35-50)53-20-14-22-57-55-18-9-11-24-59(55)66-61(53)57)51-36-32-45(33-37-51)54-21-15-23-58-56-19-10-12-25-60(56)67-62(54)58/h9-41H,7-8H2,1-6H3. The second kappa shape index (κ2) is 16.7. The lowest BCUT2D eigenvalue weighted by Crippen LogP contribution is -2.20. The molecule has 2 aromatic heterocycles. The molecule has 2 heterocycles. The van der Waals surface area contributed by atoms with Gasteiger partial charge in [-0.1, -0.05) is 193 Å². The third-order valence-corrected chi connectivity index (χ3v) is 14.6. The number of furan rings is 2. The molecule has 11 rings (SSSR count). The largest absolute Gasteiger partial charge is 0.455 e. The first-order valence-electron chi connectivity index (χ1n) is 23.8. The molecule has 3 heteroatoms. The number of para-hydroxylation sites is 4. The molecule has 0 saturated carbocycles. The number of fused-ring (bicyclic) bond motifs is 6. The highest BCUT2D eigenvalue weighted by molar-refractivity contribution is 6.10. The highest BCUT2D eigenvalue weighted by Gasteiger charge is 2.25. The Morgan fingerprint density at radius 1 is 0.343 bits per heavy atom. The van der Waals surface area contributed by atoms with Crippen LogP contribution in [-0.4, -0.2) is 0 Å². The first-order chi connectivity index (χ1) is 32.6. The fourth-order valence-electron chi connectivity index (χ4n) is 9.64. The van der Waals surface area contributed by atoms with E-state index in [0.29, 0.717) is 0 Å². The molecule has 0 radical (unpaired) electrons. The van der Waals surface area contributed by atoms with Gasteiger partial charge in [-0.3, -0.25) is 0 Å². The van der Waals surface area contributed by atoms with E-state index in [0.717, 1.165) is 102 Å². The van der Waals surface area contributed by atoms with Gasteiger partial charge in [0.2, 0.25) is 0 Å². The molecule has 0 aliphatic rings. The molecule has 3 nitrogen and oxygen atoms in total. The zero-order valence-corrected chi connectivity index (χ0v) is 39.2. The molecule has 67 heavy (non-hydrogen) atoms. The van der Waals surface area contributed by atoms with Crippen molar-refractivity contribution >= 4 is 60.9 Å². The summed E-state index contributed by atoms with van der Waals surface area (Å²) < 4.78 is 12.9. The number of rotatable bonds is 11. The molecular weight excluding hydrogens is 815 g/mol. The lowest BCUT2D eigenvalue weighted by atomic mass is 9.75. The monoisotopic (exact) mass is 869 g/mol. The molecule has 0 fully saturated rings. The molecule has 11 aromatic rings. The Kier molecular flexibility index (Phi) is 10.5. The van der Waals surface area contributed by atoms with E-state index in [2.05, 4.69) is 222 Å². The molecule has 0 saturated heterocycles. The van der Waals surface area contributed by atoms with Crippen LogP contribution in [0.15, 0.2) is 209 Å². The number of nitrogens with zero attached hydrogens (tertiary/aromatic N) is 1. The molecule has 0 unspecified atom stereocenters. The molecule has 328 valence electrons. The van der Waals surface area contributed by atoms with Crippen LogP contribution in [0.3, 0.4) is 0 Å². The van der Waals surface area contributed by atoms with Crippen LogP contribution < -0.4 is 4.90 Å². The summed E-state index contributed by atoms with van der Waals surface area (Å²) in [5.74, 6) is 0. The van der Waals surface area contributed by atoms with Crippen molar-refractivity contribution in [3.05, 3.63) is 211 Å². The third kappa shape index (κ3) is 7.59. The van der Waals surface area contributed by atoms with E-state index >= 15 is 0 Å². The van der Waals surface area contributed by atoms with Gasteiger partial charge in [-0.05, 0) is 117 Å². The van der Waals surface area contributed by atoms with Crippen molar-refractivity contribution in [1.82, 2.24) is 0 Å². The van der Waals surface area contributed by atoms with Crippen molar-refractivity contribution in [2.24, 2.45) is 0 Å². The predicted molar refractivity (Wildman–Crippen MR) is 284 cm³/mol. The Morgan fingerprint density at radius 3 is 1.24 bits per heavy atom. The minimum absolute atomic E-state index is 0.0899. The van der Waals surface area contributed by atoms with E-state index in [9.17, 15) is 0 Å². The summed E-state index contributed by atoms with van der Waals surface area (Å²) in [4.78, 5) is 2.35. The first kappa shape index (κ1) is 42.0. The smallest absolute Gasteiger partial charge is 0.143 e. The van der Waals surface area contributed by atoms with E-state index in [4.69, 9.17) is 8.83 Å². The molecule has 0 amide bonds. The van der Waals surface area contributed by atoms with Gasteiger partial charge in [-0.2, -0.15) is 0 Å². The van der Waals surface area contributed by atoms with Crippen LogP contribution in [0, 0.1) is 0 Å². The van der Waals surface area contributed by atoms with Gasteiger partial charge < -0.3 is 13.7 Å². The summed E-state index contributed by atoms with van der Waals surface area (Å²) in [6.45, 7) is 14.0. The van der Waals surface area contributed by atoms with E-state index in [1.807, 2.05) is 24.3 Å². The number of hydrogen-bond donors (Lipinski definition) is 0. The van der Waals surface area contributed by atoms with Crippen LogP contribution in [-0.2, 0) is 10.8 Å². The highest BCUT2D eigenvalue weighted by atomic mass is 16.3. The van der Waals surface area contributed by atoms with Crippen LogP contribution in [0.4, 0.5) is 17.1 Å². The van der Waals surface area contributed by atoms with Gasteiger partial charge in [0.15, 0.2) is 0 Å². The summed E-state index contributed by atoms with van der Waals surface area (Å²) in [5.41, 5.74) is 19.0. The minimum atomic E-state index is 0.0899. The van der Waals surface area contributed by atoms with Crippen LogP contribution in [0.25, 0.3) is 88.4 Å². The van der Waals surface area contributed by atoms with Crippen LogP contribution in [0.5, 0.6) is 0 Å². The molecule has 0 aliphatic heterocycles.